The zero-order valence-electron chi connectivity index (χ0n) is 18.6. The molecule has 32 heavy (non-hydrogen) atoms. The van der Waals surface area contributed by atoms with Gasteiger partial charge >= 0.3 is 0 Å². The Morgan fingerprint density at radius 2 is 1.16 bits per heavy atom. The Labute approximate surface area is 195 Å². The quantitative estimate of drug-likeness (QED) is 0.503. The van der Waals surface area contributed by atoms with E-state index >= 15 is 0 Å². The monoisotopic (exact) mass is 461 g/mol. The van der Waals surface area contributed by atoms with E-state index in [-0.39, 0.29) is 36.1 Å². The molecular formula is C24H32ClN3O4. The maximum absolute atomic E-state index is 12.6. The molecule has 2 aromatic rings. The zero-order chi connectivity index (χ0) is 22.1. The van der Waals surface area contributed by atoms with Crippen LogP contribution >= 0.6 is 12.4 Å². The smallest absolute Gasteiger partial charge is 0.225 e. The van der Waals surface area contributed by atoms with Crippen molar-refractivity contribution in [2.45, 2.75) is 12.8 Å². The minimum atomic E-state index is -0.350. The van der Waals surface area contributed by atoms with E-state index in [1.54, 1.807) is 14.2 Å². The molecule has 1 saturated heterocycles. The van der Waals surface area contributed by atoms with Crippen molar-refractivity contribution in [3.8, 4) is 11.5 Å². The highest BCUT2D eigenvalue weighted by molar-refractivity contribution is 5.88. The first-order chi connectivity index (χ1) is 15.1. The summed E-state index contributed by atoms with van der Waals surface area (Å²) in [5.41, 5.74) is 2.25. The van der Waals surface area contributed by atoms with Crippen molar-refractivity contribution in [3.05, 3.63) is 59.7 Å². The van der Waals surface area contributed by atoms with Gasteiger partial charge in [-0.3, -0.25) is 9.59 Å². The molecule has 0 saturated carbocycles. The Morgan fingerprint density at radius 1 is 0.781 bits per heavy atom. The number of hydrogen-bond donors (Lipinski definition) is 3. The molecule has 0 spiro atoms. The molecule has 1 aliphatic rings. The van der Waals surface area contributed by atoms with Gasteiger partial charge in [-0.05, 0) is 48.2 Å². The molecule has 1 heterocycles. The molecule has 2 aromatic carbocycles. The van der Waals surface area contributed by atoms with Crippen LogP contribution in [0.25, 0.3) is 0 Å². The lowest BCUT2D eigenvalue weighted by Gasteiger charge is -2.18. The van der Waals surface area contributed by atoms with Gasteiger partial charge in [-0.15, -0.1) is 12.4 Å². The molecule has 7 nitrogen and oxygen atoms in total. The first-order valence-electron chi connectivity index (χ1n) is 10.6. The van der Waals surface area contributed by atoms with Gasteiger partial charge in [-0.2, -0.15) is 0 Å². The van der Waals surface area contributed by atoms with Crippen LogP contribution in [0.15, 0.2) is 48.5 Å². The van der Waals surface area contributed by atoms with Crippen molar-refractivity contribution in [1.29, 1.82) is 0 Å². The Balaban J connectivity index is 0.00000363. The number of amides is 2. The largest absolute Gasteiger partial charge is 0.497 e. The van der Waals surface area contributed by atoms with E-state index < -0.39 is 0 Å². The summed E-state index contributed by atoms with van der Waals surface area (Å²) in [6.45, 7) is 2.11. The van der Waals surface area contributed by atoms with Crippen LogP contribution < -0.4 is 25.4 Å². The molecule has 3 N–H and O–H groups in total. The molecule has 174 valence electrons. The van der Waals surface area contributed by atoms with Crippen LogP contribution in [-0.2, 0) is 22.4 Å². The number of rotatable bonds is 10. The molecular weight excluding hydrogens is 430 g/mol. The van der Waals surface area contributed by atoms with Gasteiger partial charge in [0.25, 0.3) is 0 Å². The second kappa shape index (κ2) is 12.9. The van der Waals surface area contributed by atoms with Gasteiger partial charge in [0.15, 0.2) is 0 Å². The maximum Gasteiger partial charge on any atom is 0.225 e. The van der Waals surface area contributed by atoms with Crippen molar-refractivity contribution < 1.29 is 19.1 Å². The van der Waals surface area contributed by atoms with Gasteiger partial charge in [0.1, 0.15) is 11.5 Å². The van der Waals surface area contributed by atoms with Gasteiger partial charge in [-0.25, -0.2) is 0 Å². The number of carbonyl (C=O) groups excluding carboxylic acids is 2. The van der Waals surface area contributed by atoms with E-state index in [2.05, 4.69) is 16.0 Å². The van der Waals surface area contributed by atoms with Gasteiger partial charge in [0.05, 0.1) is 26.1 Å². The molecule has 1 aliphatic heterocycles. The number of benzene rings is 2. The summed E-state index contributed by atoms with van der Waals surface area (Å²) < 4.78 is 10.3. The minimum absolute atomic E-state index is 0. The van der Waals surface area contributed by atoms with Gasteiger partial charge in [0.2, 0.25) is 11.8 Å². The molecule has 0 bridgehead atoms. The fraction of sp³-hybridized carbons (Fsp3) is 0.417. The van der Waals surface area contributed by atoms with Crippen molar-refractivity contribution >= 4 is 24.2 Å². The molecule has 0 unspecified atom stereocenters. The number of methoxy groups -OCH3 is 2. The van der Waals surface area contributed by atoms with Crippen LogP contribution in [0.2, 0.25) is 0 Å². The van der Waals surface area contributed by atoms with Crippen LogP contribution in [0.4, 0.5) is 0 Å². The number of nitrogens with one attached hydrogen (secondary N) is 3. The summed E-state index contributed by atoms with van der Waals surface area (Å²) in [7, 11) is 3.27. The Morgan fingerprint density at radius 3 is 1.50 bits per heavy atom. The standard InChI is InChI=1S/C24H31N3O4.ClH/c1-30-19-7-3-17(4-8-19)11-13-26-23(28)21-15-25-16-22(21)24(29)27-14-12-18-5-9-20(31-2)10-6-18;/h3-10,21-22,25H,11-16H2,1-2H3,(H,26,28)(H,27,29);1H/t21-,22-;/m0./s1. The Hall–Kier alpha value is -2.77. The van der Waals surface area contributed by atoms with Crippen LogP contribution in [0.1, 0.15) is 11.1 Å². The fourth-order valence-electron chi connectivity index (χ4n) is 3.74. The summed E-state index contributed by atoms with van der Waals surface area (Å²) in [4.78, 5) is 25.3. The van der Waals surface area contributed by atoms with E-state index in [9.17, 15) is 9.59 Å². The van der Waals surface area contributed by atoms with E-state index in [1.807, 2.05) is 48.5 Å². The highest BCUT2D eigenvalue weighted by atomic mass is 35.5. The summed E-state index contributed by atoms with van der Waals surface area (Å²) in [5, 5.41) is 9.13. The third kappa shape index (κ3) is 7.14. The summed E-state index contributed by atoms with van der Waals surface area (Å²) in [6, 6.07) is 15.6. The third-order valence-corrected chi connectivity index (χ3v) is 5.63. The van der Waals surface area contributed by atoms with E-state index in [4.69, 9.17) is 9.47 Å². The van der Waals surface area contributed by atoms with Gasteiger partial charge in [0, 0.05) is 26.2 Å². The summed E-state index contributed by atoms with van der Waals surface area (Å²) in [6.07, 6.45) is 1.46. The molecule has 0 aliphatic carbocycles. The summed E-state index contributed by atoms with van der Waals surface area (Å²) in [5.74, 6) is 0.771. The van der Waals surface area contributed by atoms with Crippen molar-refractivity contribution in [2.24, 2.45) is 11.8 Å². The van der Waals surface area contributed by atoms with Crippen LogP contribution in [0.3, 0.4) is 0 Å². The molecule has 0 aromatic heterocycles. The predicted octanol–water partition coefficient (Wildman–Crippen LogP) is 1.98. The van der Waals surface area contributed by atoms with E-state index in [0.29, 0.717) is 26.2 Å². The van der Waals surface area contributed by atoms with Crippen LogP contribution in [-0.4, -0.2) is 52.2 Å². The first kappa shape index (κ1) is 25.5. The predicted molar refractivity (Wildman–Crippen MR) is 127 cm³/mol. The lowest BCUT2D eigenvalue weighted by molar-refractivity contribution is -0.132. The highest BCUT2D eigenvalue weighted by Crippen LogP contribution is 2.18. The topological polar surface area (TPSA) is 88.7 Å². The molecule has 3 rings (SSSR count). The lowest BCUT2D eigenvalue weighted by atomic mass is 9.94. The second-order valence-corrected chi connectivity index (χ2v) is 7.65. The first-order valence-corrected chi connectivity index (χ1v) is 10.6. The van der Waals surface area contributed by atoms with Crippen LogP contribution in [0.5, 0.6) is 11.5 Å². The highest BCUT2D eigenvalue weighted by Gasteiger charge is 2.37. The average Bonchev–Trinajstić information content (AvgIpc) is 3.30. The van der Waals surface area contributed by atoms with E-state index in [0.717, 1.165) is 35.5 Å². The van der Waals surface area contributed by atoms with E-state index in [1.165, 1.54) is 0 Å². The number of carbonyl (C=O) groups is 2. The summed E-state index contributed by atoms with van der Waals surface area (Å²) >= 11 is 0. The Bertz CT molecular complexity index is 787. The molecule has 1 fully saturated rings. The normalized spacial score (nSPS) is 17.2. The maximum atomic E-state index is 12.6. The zero-order valence-corrected chi connectivity index (χ0v) is 19.4. The third-order valence-electron chi connectivity index (χ3n) is 5.63. The molecule has 0 radical (unpaired) electrons. The second-order valence-electron chi connectivity index (χ2n) is 7.65. The van der Waals surface area contributed by atoms with Crippen molar-refractivity contribution in [1.82, 2.24) is 16.0 Å². The molecule has 8 heteroatoms. The fourth-order valence-corrected chi connectivity index (χ4v) is 3.74. The van der Waals surface area contributed by atoms with Crippen molar-refractivity contribution in [3.63, 3.8) is 0 Å². The average molecular weight is 462 g/mol. The van der Waals surface area contributed by atoms with Gasteiger partial charge in [-0.1, -0.05) is 24.3 Å². The van der Waals surface area contributed by atoms with Gasteiger partial charge < -0.3 is 25.4 Å². The number of hydrogen-bond acceptors (Lipinski definition) is 5. The van der Waals surface area contributed by atoms with Crippen molar-refractivity contribution in [2.75, 3.05) is 40.4 Å². The number of halogens is 1. The van der Waals surface area contributed by atoms with Crippen LogP contribution in [0, 0.1) is 11.8 Å². The minimum Gasteiger partial charge on any atom is -0.497 e. The Kier molecular flexibility index (Phi) is 10.3. The number of ether oxygens (including phenoxy) is 2. The SMILES string of the molecule is COc1ccc(CCNC(=O)[C@H]2CNC[C@@H]2C(=O)NCCc2ccc(OC)cc2)cc1.Cl. The lowest BCUT2D eigenvalue weighted by Crippen LogP contribution is -2.42. The molecule has 2 amide bonds. The molecule has 2 atom stereocenters.